The highest BCUT2D eigenvalue weighted by Crippen LogP contribution is 2.24. The number of hydrogen-bond acceptors (Lipinski definition) is 2. The molecule has 1 saturated carbocycles. The number of hydrogen-bond donors (Lipinski definition) is 0. The Labute approximate surface area is 109 Å². The standard InChI is InChI=1S/C13H16BrNO2/c14-11-6-7-13(17)15(8-11)9-12(16)10-4-2-1-3-5-10/h6-8,10H,1-5,9H2. The van der Waals surface area contributed by atoms with Crippen LogP contribution in [-0.2, 0) is 11.3 Å². The zero-order valence-electron chi connectivity index (χ0n) is 9.69. The van der Waals surface area contributed by atoms with E-state index < -0.39 is 0 Å². The first-order chi connectivity index (χ1) is 8.16. The largest absolute Gasteiger partial charge is 0.307 e. The van der Waals surface area contributed by atoms with E-state index >= 15 is 0 Å². The summed E-state index contributed by atoms with van der Waals surface area (Å²) in [5, 5.41) is 0. The van der Waals surface area contributed by atoms with Crippen LogP contribution in [0, 0.1) is 5.92 Å². The second kappa shape index (κ2) is 5.63. The molecule has 17 heavy (non-hydrogen) atoms. The van der Waals surface area contributed by atoms with Crippen molar-refractivity contribution in [1.29, 1.82) is 0 Å². The number of pyridine rings is 1. The van der Waals surface area contributed by atoms with Gasteiger partial charge < -0.3 is 4.57 Å². The van der Waals surface area contributed by atoms with E-state index in [4.69, 9.17) is 0 Å². The average molecular weight is 298 g/mol. The van der Waals surface area contributed by atoms with E-state index in [0.717, 1.165) is 30.2 Å². The topological polar surface area (TPSA) is 39.1 Å². The first-order valence-corrected chi connectivity index (χ1v) is 6.85. The van der Waals surface area contributed by atoms with Crippen molar-refractivity contribution >= 4 is 21.7 Å². The summed E-state index contributed by atoms with van der Waals surface area (Å²) in [4.78, 5) is 23.6. The van der Waals surface area contributed by atoms with E-state index in [9.17, 15) is 9.59 Å². The van der Waals surface area contributed by atoms with Gasteiger partial charge in [0, 0.05) is 22.7 Å². The van der Waals surface area contributed by atoms with Crippen LogP contribution in [0.4, 0.5) is 0 Å². The summed E-state index contributed by atoms with van der Waals surface area (Å²) >= 11 is 3.31. The van der Waals surface area contributed by atoms with E-state index in [2.05, 4.69) is 15.9 Å². The summed E-state index contributed by atoms with van der Waals surface area (Å²) in [6, 6.07) is 3.18. The van der Waals surface area contributed by atoms with Gasteiger partial charge in [-0.25, -0.2) is 0 Å². The van der Waals surface area contributed by atoms with Crippen molar-refractivity contribution in [2.75, 3.05) is 0 Å². The summed E-state index contributed by atoms with van der Waals surface area (Å²) in [6.45, 7) is 0.211. The SMILES string of the molecule is O=C(Cn1cc(Br)ccc1=O)C1CCCCC1. The maximum atomic E-state index is 12.1. The summed E-state index contributed by atoms with van der Waals surface area (Å²) in [7, 11) is 0. The fraction of sp³-hybridized carbons (Fsp3) is 0.538. The Kier molecular flexibility index (Phi) is 4.15. The predicted molar refractivity (Wildman–Crippen MR) is 70.0 cm³/mol. The number of ketones is 1. The number of nitrogens with zero attached hydrogens (tertiary/aromatic N) is 1. The Morgan fingerprint density at radius 1 is 1.29 bits per heavy atom. The van der Waals surface area contributed by atoms with Gasteiger partial charge in [0.05, 0.1) is 6.54 Å². The third-order valence-electron chi connectivity index (χ3n) is 3.33. The van der Waals surface area contributed by atoms with Crippen LogP contribution in [0.25, 0.3) is 0 Å². The van der Waals surface area contributed by atoms with Gasteiger partial charge in [0.25, 0.3) is 5.56 Å². The van der Waals surface area contributed by atoms with Crippen molar-refractivity contribution in [3.05, 3.63) is 33.2 Å². The number of rotatable bonds is 3. The van der Waals surface area contributed by atoms with E-state index in [1.165, 1.54) is 17.1 Å². The highest BCUT2D eigenvalue weighted by Gasteiger charge is 2.21. The van der Waals surface area contributed by atoms with Crippen molar-refractivity contribution in [2.24, 2.45) is 5.92 Å². The molecule has 1 aliphatic carbocycles. The molecule has 0 unspecified atom stereocenters. The quantitative estimate of drug-likeness (QED) is 0.860. The first kappa shape index (κ1) is 12.6. The summed E-state index contributed by atoms with van der Waals surface area (Å²) in [5.41, 5.74) is -0.114. The van der Waals surface area contributed by atoms with Crippen LogP contribution in [0.15, 0.2) is 27.6 Å². The lowest BCUT2D eigenvalue weighted by molar-refractivity contribution is -0.124. The molecular weight excluding hydrogens is 282 g/mol. The lowest BCUT2D eigenvalue weighted by Gasteiger charge is -2.20. The molecule has 0 atom stereocenters. The molecule has 0 saturated heterocycles. The van der Waals surface area contributed by atoms with Crippen molar-refractivity contribution in [1.82, 2.24) is 4.57 Å². The normalized spacial score (nSPS) is 17.0. The van der Waals surface area contributed by atoms with Crippen LogP contribution in [0.5, 0.6) is 0 Å². The van der Waals surface area contributed by atoms with Crippen LogP contribution >= 0.6 is 15.9 Å². The molecule has 0 N–H and O–H groups in total. The molecule has 1 heterocycles. The fourth-order valence-corrected chi connectivity index (χ4v) is 2.73. The van der Waals surface area contributed by atoms with E-state index in [-0.39, 0.29) is 23.8 Å². The number of carbonyl (C=O) groups excluding carboxylic acids is 1. The Hall–Kier alpha value is -0.900. The van der Waals surface area contributed by atoms with Crippen molar-refractivity contribution in [2.45, 2.75) is 38.6 Å². The van der Waals surface area contributed by atoms with Crippen molar-refractivity contribution < 1.29 is 4.79 Å². The van der Waals surface area contributed by atoms with Gasteiger partial charge in [-0.1, -0.05) is 19.3 Å². The molecule has 0 amide bonds. The van der Waals surface area contributed by atoms with Crippen LogP contribution in [-0.4, -0.2) is 10.4 Å². The summed E-state index contributed by atoms with van der Waals surface area (Å²) in [5.74, 6) is 0.361. The number of Topliss-reactive ketones (excluding diaryl/α,β-unsaturated/α-hetero) is 1. The van der Waals surface area contributed by atoms with Gasteiger partial charge in [0.1, 0.15) is 0 Å². The molecule has 1 aromatic rings. The number of aromatic nitrogens is 1. The third kappa shape index (κ3) is 3.28. The molecule has 3 nitrogen and oxygen atoms in total. The molecule has 0 bridgehead atoms. The van der Waals surface area contributed by atoms with Crippen LogP contribution < -0.4 is 5.56 Å². The molecular formula is C13H16BrNO2. The average Bonchev–Trinajstić information content (AvgIpc) is 2.35. The molecule has 1 aliphatic rings. The minimum Gasteiger partial charge on any atom is -0.307 e. The maximum Gasteiger partial charge on any atom is 0.250 e. The van der Waals surface area contributed by atoms with E-state index in [1.807, 2.05) is 0 Å². The smallest absolute Gasteiger partial charge is 0.250 e. The second-order valence-corrected chi connectivity index (χ2v) is 5.53. The summed E-state index contributed by atoms with van der Waals surface area (Å²) in [6.07, 6.45) is 7.18. The van der Waals surface area contributed by atoms with Crippen LogP contribution in [0.2, 0.25) is 0 Å². The molecule has 0 aromatic carbocycles. The molecule has 0 radical (unpaired) electrons. The van der Waals surface area contributed by atoms with Gasteiger partial charge in [-0.05, 0) is 34.8 Å². The molecule has 4 heteroatoms. The lowest BCUT2D eigenvalue weighted by Crippen LogP contribution is -2.28. The van der Waals surface area contributed by atoms with Crippen LogP contribution in [0.3, 0.4) is 0 Å². The lowest BCUT2D eigenvalue weighted by atomic mass is 9.86. The van der Waals surface area contributed by atoms with Gasteiger partial charge >= 0.3 is 0 Å². The molecule has 92 valence electrons. The minimum atomic E-state index is -0.114. The Morgan fingerprint density at radius 2 is 2.00 bits per heavy atom. The van der Waals surface area contributed by atoms with Crippen molar-refractivity contribution in [3.63, 3.8) is 0 Å². The Morgan fingerprint density at radius 3 is 2.71 bits per heavy atom. The highest BCUT2D eigenvalue weighted by molar-refractivity contribution is 9.10. The van der Waals surface area contributed by atoms with Gasteiger partial charge in [-0.2, -0.15) is 0 Å². The van der Waals surface area contributed by atoms with Gasteiger partial charge in [0.2, 0.25) is 0 Å². The highest BCUT2D eigenvalue weighted by atomic mass is 79.9. The number of halogens is 1. The zero-order chi connectivity index (χ0) is 12.3. The van der Waals surface area contributed by atoms with Crippen LogP contribution in [0.1, 0.15) is 32.1 Å². The Bertz CT molecular complexity index is 461. The molecule has 0 aliphatic heterocycles. The molecule has 2 rings (SSSR count). The second-order valence-electron chi connectivity index (χ2n) is 4.61. The number of carbonyl (C=O) groups is 1. The van der Waals surface area contributed by atoms with Gasteiger partial charge in [-0.3, -0.25) is 9.59 Å². The maximum absolute atomic E-state index is 12.1. The first-order valence-electron chi connectivity index (χ1n) is 6.05. The van der Waals surface area contributed by atoms with E-state index in [1.54, 1.807) is 12.3 Å². The van der Waals surface area contributed by atoms with E-state index in [0.29, 0.717) is 0 Å². The van der Waals surface area contributed by atoms with Crippen molar-refractivity contribution in [3.8, 4) is 0 Å². The fourth-order valence-electron chi connectivity index (χ4n) is 2.35. The predicted octanol–water partition coefficient (Wildman–Crippen LogP) is 2.76. The Balaban J connectivity index is 2.07. The zero-order valence-corrected chi connectivity index (χ0v) is 11.3. The third-order valence-corrected chi connectivity index (χ3v) is 3.80. The minimum absolute atomic E-state index is 0.114. The summed E-state index contributed by atoms with van der Waals surface area (Å²) < 4.78 is 2.31. The van der Waals surface area contributed by atoms with Gasteiger partial charge in [0.15, 0.2) is 5.78 Å². The molecule has 1 fully saturated rings. The molecule has 0 spiro atoms. The van der Waals surface area contributed by atoms with Gasteiger partial charge in [-0.15, -0.1) is 0 Å². The molecule has 1 aromatic heterocycles. The monoisotopic (exact) mass is 297 g/mol.